The second-order valence-corrected chi connectivity index (χ2v) is 6.63. The first-order valence-corrected chi connectivity index (χ1v) is 7.64. The molecule has 0 bridgehead atoms. The number of carbonyl (C=O) groups excluding carboxylic acids is 2. The highest BCUT2D eigenvalue weighted by Gasteiger charge is 2.41. The van der Waals surface area contributed by atoms with Crippen molar-refractivity contribution in [3.05, 3.63) is 35.9 Å². The van der Waals surface area contributed by atoms with E-state index in [9.17, 15) is 14.7 Å². The van der Waals surface area contributed by atoms with Crippen molar-refractivity contribution in [2.24, 2.45) is 0 Å². The zero-order valence-electron chi connectivity index (χ0n) is 13.7. The Morgan fingerprint density at radius 1 is 1.26 bits per heavy atom. The van der Waals surface area contributed by atoms with E-state index in [0.29, 0.717) is 0 Å². The van der Waals surface area contributed by atoms with Gasteiger partial charge < -0.3 is 14.6 Å². The Morgan fingerprint density at radius 2 is 1.91 bits per heavy atom. The Bertz CT molecular complexity index is 552. The van der Waals surface area contributed by atoms with E-state index in [0.717, 1.165) is 5.56 Å². The summed E-state index contributed by atoms with van der Waals surface area (Å²) in [6, 6.07) is 8.47. The smallest absolute Gasteiger partial charge is 0.411 e. The molecule has 126 valence electrons. The third kappa shape index (κ3) is 4.96. The number of aliphatic hydroxyl groups excluding tert-OH is 1. The largest absolute Gasteiger partial charge is 0.459 e. The maximum atomic E-state index is 12.3. The van der Waals surface area contributed by atoms with E-state index in [1.165, 1.54) is 4.90 Å². The molecule has 1 aromatic carbocycles. The van der Waals surface area contributed by atoms with Crippen molar-refractivity contribution in [3.63, 3.8) is 0 Å². The molecular weight excluding hydrogens is 298 g/mol. The highest BCUT2D eigenvalue weighted by Crippen LogP contribution is 2.22. The van der Waals surface area contributed by atoms with Crippen molar-refractivity contribution in [1.82, 2.24) is 4.90 Å². The summed E-state index contributed by atoms with van der Waals surface area (Å²) in [5.74, 6) is -0.531. The van der Waals surface area contributed by atoms with Crippen LogP contribution in [0.3, 0.4) is 0 Å². The first kappa shape index (κ1) is 17.3. The minimum Gasteiger partial charge on any atom is -0.459 e. The van der Waals surface area contributed by atoms with Crippen LogP contribution in [0.5, 0.6) is 0 Å². The topological polar surface area (TPSA) is 76.1 Å². The maximum Gasteiger partial charge on any atom is 0.411 e. The Labute approximate surface area is 136 Å². The summed E-state index contributed by atoms with van der Waals surface area (Å²) in [6.45, 7) is 5.45. The summed E-state index contributed by atoms with van der Waals surface area (Å²) in [5, 5.41) is 9.79. The van der Waals surface area contributed by atoms with Gasteiger partial charge in [-0.2, -0.15) is 0 Å². The average Bonchev–Trinajstić information content (AvgIpc) is 2.86. The normalized spacial score (nSPS) is 21.1. The van der Waals surface area contributed by atoms with Gasteiger partial charge in [-0.15, -0.1) is 0 Å². The van der Waals surface area contributed by atoms with Crippen LogP contribution in [0.2, 0.25) is 0 Å². The first-order valence-electron chi connectivity index (χ1n) is 7.64. The zero-order valence-corrected chi connectivity index (χ0v) is 13.7. The SMILES string of the molecule is CC(C)(C)OC(=O)N1CC(O)CC1C(=O)OCc1ccccc1. The number of esters is 1. The molecule has 2 atom stereocenters. The fourth-order valence-electron chi connectivity index (χ4n) is 2.38. The van der Waals surface area contributed by atoms with E-state index in [1.807, 2.05) is 30.3 Å². The molecule has 1 saturated heterocycles. The molecule has 0 aliphatic carbocycles. The zero-order chi connectivity index (χ0) is 17.0. The van der Waals surface area contributed by atoms with Crippen LogP contribution in [0, 0.1) is 0 Å². The van der Waals surface area contributed by atoms with Crippen LogP contribution < -0.4 is 0 Å². The van der Waals surface area contributed by atoms with E-state index in [1.54, 1.807) is 20.8 Å². The van der Waals surface area contributed by atoms with Gasteiger partial charge in [0.15, 0.2) is 0 Å². The number of ether oxygens (including phenoxy) is 2. The van der Waals surface area contributed by atoms with Crippen molar-refractivity contribution in [2.45, 2.75) is 51.5 Å². The predicted molar refractivity (Wildman–Crippen MR) is 83.6 cm³/mol. The van der Waals surface area contributed by atoms with Gasteiger partial charge in [-0.1, -0.05) is 30.3 Å². The highest BCUT2D eigenvalue weighted by atomic mass is 16.6. The summed E-state index contributed by atoms with van der Waals surface area (Å²) in [4.78, 5) is 25.7. The molecule has 6 heteroatoms. The van der Waals surface area contributed by atoms with Crippen LogP contribution in [-0.4, -0.2) is 46.4 Å². The van der Waals surface area contributed by atoms with Crippen LogP contribution in [0.15, 0.2) is 30.3 Å². The number of benzene rings is 1. The number of rotatable bonds is 3. The lowest BCUT2D eigenvalue weighted by Crippen LogP contribution is -2.44. The van der Waals surface area contributed by atoms with Gasteiger partial charge in [0.2, 0.25) is 0 Å². The minimum atomic E-state index is -0.816. The van der Waals surface area contributed by atoms with Crippen molar-refractivity contribution in [2.75, 3.05) is 6.54 Å². The number of likely N-dealkylation sites (tertiary alicyclic amines) is 1. The van der Waals surface area contributed by atoms with E-state index in [-0.39, 0.29) is 19.6 Å². The lowest BCUT2D eigenvalue weighted by atomic mass is 10.2. The quantitative estimate of drug-likeness (QED) is 0.863. The number of amides is 1. The number of carbonyl (C=O) groups is 2. The predicted octanol–water partition coefficient (Wildman–Crippen LogP) is 2.10. The van der Waals surface area contributed by atoms with Crippen molar-refractivity contribution in [1.29, 1.82) is 0 Å². The van der Waals surface area contributed by atoms with Crippen LogP contribution in [-0.2, 0) is 20.9 Å². The van der Waals surface area contributed by atoms with Gasteiger partial charge in [-0.25, -0.2) is 9.59 Å². The molecule has 1 heterocycles. The van der Waals surface area contributed by atoms with Gasteiger partial charge in [0.1, 0.15) is 18.2 Å². The molecule has 1 aliphatic rings. The fraction of sp³-hybridized carbons (Fsp3) is 0.529. The summed E-state index contributed by atoms with van der Waals surface area (Å²) < 4.78 is 10.6. The van der Waals surface area contributed by atoms with Crippen LogP contribution in [0.25, 0.3) is 0 Å². The number of hydrogen-bond acceptors (Lipinski definition) is 5. The molecule has 23 heavy (non-hydrogen) atoms. The summed E-state index contributed by atoms with van der Waals surface area (Å²) in [6.07, 6.45) is -1.21. The van der Waals surface area contributed by atoms with Gasteiger partial charge in [-0.05, 0) is 26.3 Å². The standard InChI is InChI=1S/C17H23NO5/c1-17(2,3)23-16(21)18-10-13(19)9-14(18)15(20)22-11-12-7-5-4-6-8-12/h4-8,13-14,19H,9-11H2,1-3H3. The first-order chi connectivity index (χ1) is 10.8. The van der Waals surface area contributed by atoms with E-state index < -0.39 is 29.8 Å². The summed E-state index contributed by atoms with van der Waals surface area (Å²) in [7, 11) is 0. The Hall–Kier alpha value is -2.08. The molecule has 0 spiro atoms. The Balaban J connectivity index is 1.98. The molecular formula is C17H23NO5. The molecule has 0 saturated carbocycles. The fourth-order valence-corrected chi connectivity index (χ4v) is 2.38. The van der Waals surface area contributed by atoms with Gasteiger partial charge in [0.25, 0.3) is 0 Å². The van der Waals surface area contributed by atoms with Crippen LogP contribution in [0.1, 0.15) is 32.8 Å². The molecule has 1 aromatic rings. The van der Waals surface area contributed by atoms with Crippen molar-refractivity contribution < 1.29 is 24.2 Å². The lowest BCUT2D eigenvalue weighted by Gasteiger charge is -2.27. The second-order valence-electron chi connectivity index (χ2n) is 6.63. The molecule has 0 radical (unpaired) electrons. The second kappa shape index (κ2) is 7.00. The molecule has 1 N–H and O–H groups in total. The molecule has 2 unspecified atom stereocenters. The molecule has 0 aromatic heterocycles. The van der Waals surface area contributed by atoms with Crippen LogP contribution in [0.4, 0.5) is 4.79 Å². The van der Waals surface area contributed by atoms with Crippen molar-refractivity contribution in [3.8, 4) is 0 Å². The van der Waals surface area contributed by atoms with Gasteiger partial charge in [0.05, 0.1) is 12.6 Å². The van der Waals surface area contributed by atoms with E-state index in [2.05, 4.69) is 0 Å². The minimum absolute atomic E-state index is 0.0695. The molecule has 1 aliphatic heterocycles. The van der Waals surface area contributed by atoms with Gasteiger partial charge in [0, 0.05) is 6.42 Å². The monoisotopic (exact) mass is 321 g/mol. The number of β-amino-alcohol motifs (C(OH)–C–C–N with tert-alkyl or cyclic N) is 1. The lowest BCUT2D eigenvalue weighted by molar-refractivity contribution is -0.150. The van der Waals surface area contributed by atoms with Crippen LogP contribution >= 0.6 is 0 Å². The van der Waals surface area contributed by atoms with Gasteiger partial charge >= 0.3 is 12.1 Å². The average molecular weight is 321 g/mol. The van der Waals surface area contributed by atoms with Gasteiger partial charge in [-0.3, -0.25) is 4.90 Å². The molecule has 1 fully saturated rings. The van der Waals surface area contributed by atoms with E-state index in [4.69, 9.17) is 9.47 Å². The highest BCUT2D eigenvalue weighted by molar-refractivity contribution is 5.82. The number of aliphatic hydroxyl groups is 1. The number of nitrogens with zero attached hydrogens (tertiary/aromatic N) is 1. The third-order valence-electron chi connectivity index (χ3n) is 3.40. The van der Waals surface area contributed by atoms with E-state index >= 15 is 0 Å². The molecule has 2 rings (SSSR count). The number of hydrogen-bond donors (Lipinski definition) is 1. The third-order valence-corrected chi connectivity index (χ3v) is 3.40. The Kier molecular flexibility index (Phi) is 5.26. The van der Waals surface area contributed by atoms with Crippen molar-refractivity contribution >= 4 is 12.1 Å². The summed E-state index contributed by atoms with van der Waals surface area (Å²) in [5.41, 5.74) is 0.201. The Morgan fingerprint density at radius 3 is 2.52 bits per heavy atom. The molecule has 1 amide bonds. The molecule has 6 nitrogen and oxygen atoms in total. The summed E-state index contributed by atoms with van der Waals surface area (Å²) >= 11 is 0. The maximum absolute atomic E-state index is 12.3.